The Hall–Kier alpha value is -3.65. The van der Waals surface area contributed by atoms with E-state index in [0.717, 1.165) is 35.2 Å². The molecule has 0 N–H and O–H groups in total. The summed E-state index contributed by atoms with van der Waals surface area (Å²) in [5, 5.41) is 5.01. The first-order valence-corrected chi connectivity index (χ1v) is 10.8. The van der Waals surface area contributed by atoms with Crippen molar-refractivity contribution in [3.05, 3.63) is 87.0 Å². The average Bonchev–Trinajstić information content (AvgIpc) is 3.19. The molecule has 0 radical (unpaired) electrons. The molecule has 3 aromatic heterocycles. The number of aryl methyl sites for hydroxylation is 2. The van der Waals surface area contributed by atoms with Gasteiger partial charge in [0.05, 0.1) is 17.2 Å². The summed E-state index contributed by atoms with van der Waals surface area (Å²) in [6.07, 6.45) is 10.4. The molecular weight excluding hydrogens is 412 g/mol. The minimum atomic E-state index is -0.450. The molecule has 8 heteroatoms. The third-order valence-electron chi connectivity index (χ3n) is 5.20. The first-order chi connectivity index (χ1) is 15.2. The summed E-state index contributed by atoms with van der Waals surface area (Å²) in [5.74, 6) is -0.0297. The molecular formula is C23H18N4O3S. The van der Waals surface area contributed by atoms with E-state index in [1.54, 1.807) is 53.9 Å². The van der Waals surface area contributed by atoms with Crippen LogP contribution in [0.1, 0.15) is 39.2 Å². The second kappa shape index (κ2) is 8.23. The Kier molecular flexibility index (Phi) is 5.13. The van der Waals surface area contributed by atoms with Crippen LogP contribution in [0.3, 0.4) is 0 Å². The first kappa shape index (κ1) is 19.3. The van der Waals surface area contributed by atoms with Crippen LogP contribution in [0.5, 0.6) is 5.75 Å². The fourth-order valence-electron chi connectivity index (χ4n) is 3.62. The summed E-state index contributed by atoms with van der Waals surface area (Å²) < 4.78 is 6.63. The van der Waals surface area contributed by atoms with E-state index in [9.17, 15) is 9.59 Å². The minimum absolute atomic E-state index is 0.136. The summed E-state index contributed by atoms with van der Waals surface area (Å²) in [4.78, 5) is 35.5. The zero-order valence-corrected chi connectivity index (χ0v) is 17.3. The van der Waals surface area contributed by atoms with Gasteiger partial charge >= 0.3 is 5.97 Å². The number of esters is 1. The number of carbonyl (C=O) groups excluding carboxylic acids is 1. The molecule has 0 bridgehead atoms. The summed E-state index contributed by atoms with van der Waals surface area (Å²) in [6, 6.07) is 10.1. The molecule has 0 aliphatic heterocycles. The second-order valence-electron chi connectivity index (χ2n) is 7.22. The summed E-state index contributed by atoms with van der Waals surface area (Å²) in [6.45, 7) is 0. The Morgan fingerprint density at radius 2 is 1.87 bits per heavy atom. The highest BCUT2D eigenvalue weighted by Gasteiger charge is 2.19. The van der Waals surface area contributed by atoms with Gasteiger partial charge in [-0.05, 0) is 73.2 Å². The van der Waals surface area contributed by atoms with Crippen molar-refractivity contribution in [1.29, 1.82) is 0 Å². The van der Waals surface area contributed by atoms with E-state index < -0.39 is 5.97 Å². The molecule has 154 valence electrons. The lowest BCUT2D eigenvalue weighted by Gasteiger charge is -2.09. The summed E-state index contributed by atoms with van der Waals surface area (Å²) >= 11 is 1.62. The van der Waals surface area contributed by atoms with Gasteiger partial charge in [-0.2, -0.15) is 9.78 Å². The minimum Gasteiger partial charge on any atom is -0.423 e. The quantitative estimate of drug-likeness (QED) is 0.279. The lowest BCUT2D eigenvalue weighted by Crippen LogP contribution is -2.18. The van der Waals surface area contributed by atoms with Crippen LogP contribution in [0.25, 0.3) is 10.2 Å². The number of hydrogen-bond donors (Lipinski definition) is 0. The van der Waals surface area contributed by atoms with Crippen molar-refractivity contribution < 1.29 is 9.53 Å². The molecule has 0 saturated heterocycles. The van der Waals surface area contributed by atoms with Crippen LogP contribution < -0.4 is 10.3 Å². The molecule has 1 aliphatic carbocycles. The van der Waals surface area contributed by atoms with Gasteiger partial charge in [-0.3, -0.25) is 9.78 Å². The van der Waals surface area contributed by atoms with Crippen molar-refractivity contribution in [3.8, 4) is 5.75 Å². The largest absolute Gasteiger partial charge is 0.423 e. The smallest absolute Gasteiger partial charge is 0.343 e. The van der Waals surface area contributed by atoms with Gasteiger partial charge in [0.2, 0.25) is 0 Å². The van der Waals surface area contributed by atoms with E-state index in [0.29, 0.717) is 16.7 Å². The van der Waals surface area contributed by atoms with Crippen molar-refractivity contribution in [3.63, 3.8) is 0 Å². The van der Waals surface area contributed by atoms with Gasteiger partial charge in [0.25, 0.3) is 5.56 Å². The number of rotatable bonds is 4. The maximum atomic E-state index is 12.9. The maximum Gasteiger partial charge on any atom is 0.343 e. The van der Waals surface area contributed by atoms with E-state index in [1.165, 1.54) is 34.7 Å². The Balaban J connectivity index is 1.35. The lowest BCUT2D eigenvalue weighted by molar-refractivity contribution is 0.0734. The van der Waals surface area contributed by atoms with Crippen molar-refractivity contribution >= 4 is 33.7 Å². The molecule has 0 amide bonds. The number of pyridine rings is 1. The maximum absolute atomic E-state index is 12.9. The molecule has 1 aliphatic rings. The monoisotopic (exact) mass is 430 g/mol. The number of benzene rings is 1. The first-order valence-electron chi connectivity index (χ1n) is 9.97. The average molecular weight is 430 g/mol. The van der Waals surface area contributed by atoms with Crippen LogP contribution in [0.15, 0.2) is 65.0 Å². The molecule has 31 heavy (non-hydrogen) atoms. The van der Waals surface area contributed by atoms with E-state index >= 15 is 0 Å². The molecule has 0 unspecified atom stereocenters. The van der Waals surface area contributed by atoms with E-state index in [1.807, 2.05) is 0 Å². The molecule has 0 atom stereocenters. The van der Waals surface area contributed by atoms with Gasteiger partial charge in [-0.15, -0.1) is 11.3 Å². The lowest BCUT2D eigenvalue weighted by atomic mass is 9.97. The topological polar surface area (TPSA) is 86.4 Å². The van der Waals surface area contributed by atoms with Crippen LogP contribution >= 0.6 is 11.3 Å². The predicted molar refractivity (Wildman–Crippen MR) is 119 cm³/mol. The van der Waals surface area contributed by atoms with E-state index in [-0.39, 0.29) is 5.56 Å². The molecule has 7 nitrogen and oxygen atoms in total. The van der Waals surface area contributed by atoms with Crippen LogP contribution in [-0.2, 0) is 12.8 Å². The van der Waals surface area contributed by atoms with E-state index in [2.05, 4.69) is 15.1 Å². The molecule has 0 spiro atoms. The van der Waals surface area contributed by atoms with Crippen LogP contribution in [-0.4, -0.2) is 26.8 Å². The predicted octanol–water partition coefficient (Wildman–Crippen LogP) is 3.83. The summed E-state index contributed by atoms with van der Waals surface area (Å²) in [7, 11) is 0. The third kappa shape index (κ3) is 3.89. The fraction of sp³-hybridized carbons (Fsp3) is 0.174. The van der Waals surface area contributed by atoms with Crippen molar-refractivity contribution in [2.75, 3.05) is 0 Å². The zero-order chi connectivity index (χ0) is 21.2. The number of aromatic nitrogens is 3. The third-order valence-corrected chi connectivity index (χ3v) is 6.40. The molecule has 5 rings (SSSR count). The number of hydrogen-bond acceptors (Lipinski definition) is 7. The molecule has 3 heterocycles. The standard InChI is InChI=1S/C23H18N4O3S/c28-22-20-18-3-1-2-4-19(18)31-21(20)25-14-27(22)26-13-15-5-7-17(8-6-15)30-23(29)16-9-11-24-12-10-16/h5-14H,1-4H2/b26-13+. The number of ether oxygens (including phenoxy) is 1. The van der Waals surface area contributed by atoms with Crippen molar-refractivity contribution in [2.24, 2.45) is 5.10 Å². The SMILES string of the molecule is O=C(Oc1ccc(/C=N/n2cnc3sc4c(c3c2=O)CCCC4)cc1)c1ccncc1. The van der Waals surface area contributed by atoms with Crippen molar-refractivity contribution in [2.45, 2.75) is 25.7 Å². The number of thiophene rings is 1. The van der Waals surface area contributed by atoms with Crippen molar-refractivity contribution in [1.82, 2.24) is 14.6 Å². The Morgan fingerprint density at radius 1 is 1.10 bits per heavy atom. The number of carbonyl (C=O) groups is 1. The highest BCUT2D eigenvalue weighted by Crippen LogP contribution is 2.33. The van der Waals surface area contributed by atoms with Gasteiger partial charge in [-0.25, -0.2) is 9.78 Å². The van der Waals surface area contributed by atoms with Crippen LogP contribution in [0, 0.1) is 0 Å². The van der Waals surface area contributed by atoms with Gasteiger partial charge in [-0.1, -0.05) is 0 Å². The highest BCUT2D eigenvalue weighted by atomic mass is 32.1. The summed E-state index contributed by atoms with van der Waals surface area (Å²) in [5.41, 5.74) is 2.21. The van der Waals surface area contributed by atoms with Gasteiger partial charge in [0.1, 0.15) is 16.9 Å². The molecule has 0 saturated carbocycles. The molecule has 0 fully saturated rings. The number of fused-ring (bicyclic) bond motifs is 3. The van der Waals surface area contributed by atoms with Gasteiger partial charge in [0.15, 0.2) is 0 Å². The number of nitrogens with zero attached hydrogens (tertiary/aromatic N) is 4. The Bertz CT molecular complexity index is 1340. The molecule has 4 aromatic rings. The van der Waals surface area contributed by atoms with Gasteiger partial charge < -0.3 is 4.74 Å². The van der Waals surface area contributed by atoms with Crippen LogP contribution in [0.4, 0.5) is 0 Å². The highest BCUT2D eigenvalue weighted by molar-refractivity contribution is 7.18. The van der Waals surface area contributed by atoms with Gasteiger partial charge in [0, 0.05) is 17.3 Å². The van der Waals surface area contributed by atoms with E-state index in [4.69, 9.17) is 4.74 Å². The fourth-order valence-corrected chi connectivity index (χ4v) is 4.84. The molecule has 1 aromatic carbocycles. The second-order valence-corrected chi connectivity index (χ2v) is 8.31. The Morgan fingerprint density at radius 3 is 2.68 bits per heavy atom. The Labute approximate surface area is 181 Å². The zero-order valence-electron chi connectivity index (χ0n) is 16.5. The normalized spacial score (nSPS) is 13.4. The van der Waals surface area contributed by atoms with Crippen LogP contribution in [0.2, 0.25) is 0 Å².